The minimum atomic E-state index is -0.346. The number of nitrogens with one attached hydrogen (secondary N) is 1. The molecule has 5 nitrogen and oxygen atoms in total. The number of aromatic amines is 1. The van der Waals surface area contributed by atoms with Crippen LogP contribution in [0.5, 0.6) is 0 Å². The van der Waals surface area contributed by atoms with Gasteiger partial charge in [-0.2, -0.15) is 0 Å². The van der Waals surface area contributed by atoms with Crippen molar-refractivity contribution in [2.24, 2.45) is 5.73 Å². The number of methoxy groups -OCH3 is 1. The molecule has 0 saturated heterocycles. The maximum atomic E-state index is 11.5. The number of ether oxygens (including phenoxy) is 1. The molecule has 6 heteroatoms. The monoisotopic (exact) mass is 337 g/mol. The van der Waals surface area contributed by atoms with Crippen LogP contribution in [-0.4, -0.2) is 42.6 Å². The van der Waals surface area contributed by atoms with E-state index in [1.54, 1.807) is 0 Å². The Hall–Kier alpha value is -1.82. The Morgan fingerprint density at radius 1 is 1.22 bits per heavy atom. The Morgan fingerprint density at radius 2 is 1.96 bits per heavy atom. The molecule has 0 aliphatic carbocycles. The number of carbonyl (C=O) groups is 1. The molecule has 0 bridgehead atoms. The summed E-state index contributed by atoms with van der Waals surface area (Å²) in [5.74, 6) is -0.346. The van der Waals surface area contributed by atoms with Gasteiger partial charge in [-0.15, -0.1) is 12.4 Å². The zero-order valence-electron chi connectivity index (χ0n) is 13.3. The molecule has 0 atom stereocenters. The van der Waals surface area contributed by atoms with Crippen molar-refractivity contribution in [2.45, 2.75) is 13.0 Å². The lowest BCUT2D eigenvalue weighted by atomic mass is 10.1. The van der Waals surface area contributed by atoms with Crippen LogP contribution in [0.4, 0.5) is 0 Å². The number of hydrogen-bond donors (Lipinski definition) is 2. The third-order valence-electron chi connectivity index (χ3n) is 3.56. The second-order valence-electron chi connectivity index (χ2n) is 5.21. The normalized spacial score (nSPS) is 10.4. The van der Waals surface area contributed by atoms with Gasteiger partial charge in [-0.3, -0.25) is 4.90 Å². The number of aromatic nitrogens is 1. The molecule has 0 fully saturated rings. The lowest BCUT2D eigenvalue weighted by molar-refractivity contribution is 0.0595. The molecular formula is C17H24ClN3O2. The minimum absolute atomic E-state index is 0. The standard InChI is InChI=1S/C17H23N3O2.ClH/c1-22-17(21)16-11-15(12-19-16)13-20(10-8-18)9-7-14-5-3-2-4-6-14;/h2-6,11-12,19H,7-10,13,18H2,1H3;1H. The first-order valence-corrected chi connectivity index (χ1v) is 7.45. The lowest BCUT2D eigenvalue weighted by Crippen LogP contribution is -2.30. The van der Waals surface area contributed by atoms with Crippen LogP contribution in [0.15, 0.2) is 42.6 Å². The van der Waals surface area contributed by atoms with E-state index in [0.717, 1.165) is 31.6 Å². The summed E-state index contributed by atoms with van der Waals surface area (Å²) < 4.78 is 4.70. The lowest BCUT2D eigenvalue weighted by Gasteiger charge is -2.21. The van der Waals surface area contributed by atoms with E-state index in [2.05, 4.69) is 34.1 Å². The van der Waals surface area contributed by atoms with Crippen LogP contribution in [0.3, 0.4) is 0 Å². The average Bonchev–Trinajstić information content (AvgIpc) is 3.01. The van der Waals surface area contributed by atoms with Crippen molar-refractivity contribution in [3.8, 4) is 0 Å². The summed E-state index contributed by atoms with van der Waals surface area (Å²) >= 11 is 0. The smallest absolute Gasteiger partial charge is 0.354 e. The molecule has 0 saturated carbocycles. The quantitative estimate of drug-likeness (QED) is 0.725. The van der Waals surface area contributed by atoms with Gasteiger partial charge in [0.25, 0.3) is 0 Å². The molecule has 23 heavy (non-hydrogen) atoms. The van der Waals surface area contributed by atoms with E-state index < -0.39 is 0 Å². The van der Waals surface area contributed by atoms with Crippen LogP contribution in [0, 0.1) is 0 Å². The summed E-state index contributed by atoms with van der Waals surface area (Å²) in [5, 5.41) is 0. The minimum Gasteiger partial charge on any atom is -0.464 e. The van der Waals surface area contributed by atoms with E-state index in [1.807, 2.05) is 18.3 Å². The number of H-pyrrole nitrogens is 1. The Kier molecular flexibility index (Phi) is 8.40. The maximum Gasteiger partial charge on any atom is 0.354 e. The van der Waals surface area contributed by atoms with Crippen molar-refractivity contribution >= 4 is 18.4 Å². The van der Waals surface area contributed by atoms with Gasteiger partial charge in [0.1, 0.15) is 5.69 Å². The molecule has 2 aromatic rings. The third kappa shape index (κ3) is 6.06. The number of benzene rings is 1. The maximum absolute atomic E-state index is 11.5. The molecule has 126 valence electrons. The van der Waals surface area contributed by atoms with Gasteiger partial charge in [-0.25, -0.2) is 4.79 Å². The van der Waals surface area contributed by atoms with Crippen LogP contribution in [-0.2, 0) is 17.7 Å². The number of halogens is 1. The van der Waals surface area contributed by atoms with Gasteiger partial charge < -0.3 is 15.5 Å². The molecule has 1 heterocycles. The van der Waals surface area contributed by atoms with E-state index in [-0.39, 0.29) is 18.4 Å². The van der Waals surface area contributed by atoms with Gasteiger partial charge in [0, 0.05) is 32.4 Å². The Balaban J connectivity index is 0.00000264. The highest BCUT2D eigenvalue weighted by Crippen LogP contribution is 2.09. The summed E-state index contributed by atoms with van der Waals surface area (Å²) in [5.41, 5.74) is 8.55. The van der Waals surface area contributed by atoms with Crippen molar-refractivity contribution in [3.63, 3.8) is 0 Å². The summed E-state index contributed by atoms with van der Waals surface area (Å²) in [7, 11) is 1.38. The van der Waals surface area contributed by atoms with Gasteiger partial charge in [0.05, 0.1) is 7.11 Å². The number of rotatable bonds is 8. The zero-order chi connectivity index (χ0) is 15.8. The SMILES string of the molecule is COC(=O)c1cc(CN(CCN)CCc2ccccc2)c[nH]1.Cl. The fourth-order valence-electron chi connectivity index (χ4n) is 2.40. The molecule has 1 aromatic carbocycles. The van der Waals surface area contributed by atoms with Gasteiger partial charge in [0.2, 0.25) is 0 Å². The van der Waals surface area contributed by atoms with Crippen LogP contribution >= 0.6 is 12.4 Å². The van der Waals surface area contributed by atoms with Crippen LogP contribution in [0.25, 0.3) is 0 Å². The van der Waals surface area contributed by atoms with Crippen molar-refractivity contribution in [2.75, 3.05) is 26.7 Å². The first-order chi connectivity index (χ1) is 10.7. The Labute approximate surface area is 143 Å². The zero-order valence-corrected chi connectivity index (χ0v) is 14.1. The highest BCUT2D eigenvalue weighted by Gasteiger charge is 2.11. The predicted molar refractivity (Wildman–Crippen MR) is 93.9 cm³/mol. The van der Waals surface area contributed by atoms with E-state index in [1.165, 1.54) is 12.7 Å². The summed E-state index contributed by atoms with van der Waals surface area (Å²) in [6, 6.07) is 12.2. The molecule has 0 unspecified atom stereocenters. The highest BCUT2D eigenvalue weighted by atomic mass is 35.5. The van der Waals surface area contributed by atoms with Crippen molar-refractivity contribution < 1.29 is 9.53 Å². The third-order valence-corrected chi connectivity index (χ3v) is 3.56. The van der Waals surface area contributed by atoms with E-state index in [0.29, 0.717) is 12.2 Å². The number of nitrogens with two attached hydrogens (primary N) is 1. The van der Waals surface area contributed by atoms with Gasteiger partial charge in [0.15, 0.2) is 0 Å². The molecule has 3 N–H and O–H groups in total. The average molecular weight is 338 g/mol. The van der Waals surface area contributed by atoms with Crippen LogP contribution in [0.2, 0.25) is 0 Å². The van der Waals surface area contributed by atoms with Gasteiger partial charge in [-0.05, 0) is 23.6 Å². The van der Waals surface area contributed by atoms with Crippen molar-refractivity contribution in [3.05, 3.63) is 59.4 Å². The molecule has 0 aliphatic heterocycles. The Bertz CT molecular complexity index is 587. The fraction of sp³-hybridized carbons (Fsp3) is 0.353. The molecular weight excluding hydrogens is 314 g/mol. The van der Waals surface area contributed by atoms with Gasteiger partial charge >= 0.3 is 5.97 Å². The highest BCUT2D eigenvalue weighted by molar-refractivity contribution is 5.87. The molecule has 0 radical (unpaired) electrons. The molecule has 2 rings (SSSR count). The number of hydrogen-bond acceptors (Lipinski definition) is 4. The van der Waals surface area contributed by atoms with E-state index in [4.69, 9.17) is 10.5 Å². The fourth-order valence-corrected chi connectivity index (χ4v) is 2.40. The summed E-state index contributed by atoms with van der Waals surface area (Å²) in [4.78, 5) is 16.7. The topological polar surface area (TPSA) is 71.3 Å². The number of nitrogens with zero attached hydrogens (tertiary/aromatic N) is 1. The first kappa shape index (κ1) is 19.2. The van der Waals surface area contributed by atoms with Crippen molar-refractivity contribution in [1.29, 1.82) is 0 Å². The molecule has 1 aromatic heterocycles. The second-order valence-corrected chi connectivity index (χ2v) is 5.21. The Morgan fingerprint density at radius 3 is 2.61 bits per heavy atom. The molecule has 0 spiro atoms. The largest absolute Gasteiger partial charge is 0.464 e. The van der Waals surface area contributed by atoms with E-state index in [9.17, 15) is 4.79 Å². The predicted octanol–water partition coefficient (Wildman–Crippen LogP) is 2.23. The molecule has 0 aliphatic rings. The second kappa shape index (κ2) is 10.0. The number of esters is 1. The summed E-state index contributed by atoms with van der Waals surface area (Å²) in [6.07, 6.45) is 2.83. The van der Waals surface area contributed by atoms with Crippen LogP contribution in [0.1, 0.15) is 21.6 Å². The van der Waals surface area contributed by atoms with Gasteiger partial charge in [-0.1, -0.05) is 30.3 Å². The van der Waals surface area contributed by atoms with Crippen LogP contribution < -0.4 is 5.73 Å². The van der Waals surface area contributed by atoms with E-state index >= 15 is 0 Å². The molecule has 0 amide bonds. The summed E-state index contributed by atoms with van der Waals surface area (Å²) in [6.45, 7) is 3.13. The number of carbonyl (C=O) groups excluding carboxylic acids is 1. The first-order valence-electron chi connectivity index (χ1n) is 7.45. The van der Waals surface area contributed by atoms with Crippen molar-refractivity contribution in [1.82, 2.24) is 9.88 Å².